The molecule has 0 amide bonds. The van der Waals surface area contributed by atoms with Crippen LogP contribution in [0.5, 0.6) is 0 Å². The van der Waals surface area contributed by atoms with E-state index in [0.29, 0.717) is 6.54 Å². The lowest BCUT2D eigenvalue weighted by molar-refractivity contribution is 0.0969. The Bertz CT molecular complexity index is 674. The third kappa shape index (κ3) is 2.65. The highest BCUT2D eigenvalue weighted by molar-refractivity contribution is 5.98. The van der Waals surface area contributed by atoms with Gasteiger partial charge in [-0.1, -0.05) is 17.7 Å². The second kappa shape index (κ2) is 5.47. The summed E-state index contributed by atoms with van der Waals surface area (Å²) in [4.78, 5) is 17.2. The molecule has 21 heavy (non-hydrogen) atoms. The Morgan fingerprint density at radius 1 is 1.14 bits per heavy atom. The molecule has 0 unspecified atom stereocenters. The number of ketones is 1. The first-order valence-electron chi connectivity index (χ1n) is 7.70. The standard InChI is InChI=1S/C18H22N2O/c1-12-8-13(2)18(14(3)9-12)17(21)10-20-11-19-15-6-4-5-7-16(15)20/h8-9,11H,4-7,10H2,1-3H3. The van der Waals surface area contributed by atoms with Gasteiger partial charge in [0.2, 0.25) is 0 Å². The van der Waals surface area contributed by atoms with Gasteiger partial charge in [0.05, 0.1) is 18.6 Å². The third-order valence-corrected chi connectivity index (χ3v) is 4.38. The number of Topliss-reactive ketones (excluding diaryl/α,β-unsaturated/α-hetero) is 1. The smallest absolute Gasteiger partial charge is 0.183 e. The molecule has 0 radical (unpaired) electrons. The van der Waals surface area contributed by atoms with Crippen molar-refractivity contribution in [2.45, 2.75) is 53.0 Å². The molecule has 1 aliphatic rings. The number of rotatable bonds is 3. The molecular formula is C18H22N2O. The molecule has 2 aromatic rings. The number of hydrogen-bond donors (Lipinski definition) is 0. The van der Waals surface area contributed by atoms with E-state index in [4.69, 9.17) is 0 Å². The van der Waals surface area contributed by atoms with Crippen LogP contribution >= 0.6 is 0 Å². The molecule has 1 aliphatic carbocycles. The van der Waals surface area contributed by atoms with Gasteiger partial charge in [0.1, 0.15) is 0 Å². The van der Waals surface area contributed by atoms with E-state index in [1.165, 1.54) is 29.8 Å². The monoisotopic (exact) mass is 282 g/mol. The molecule has 0 fully saturated rings. The number of aryl methyl sites for hydroxylation is 4. The third-order valence-electron chi connectivity index (χ3n) is 4.38. The van der Waals surface area contributed by atoms with Crippen molar-refractivity contribution in [2.24, 2.45) is 0 Å². The molecule has 0 N–H and O–H groups in total. The zero-order chi connectivity index (χ0) is 15.0. The van der Waals surface area contributed by atoms with E-state index in [1.807, 2.05) is 20.2 Å². The number of hydrogen-bond acceptors (Lipinski definition) is 2. The minimum atomic E-state index is 0.191. The molecule has 0 bridgehead atoms. The van der Waals surface area contributed by atoms with E-state index in [2.05, 4.69) is 28.6 Å². The molecule has 3 rings (SSSR count). The van der Waals surface area contributed by atoms with Crippen molar-refractivity contribution in [2.75, 3.05) is 0 Å². The van der Waals surface area contributed by atoms with Gasteiger partial charge in [0.25, 0.3) is 0 Å². The molecule has 0 atom stereocenters. The molecule has 0 spiro atoms. The predicted octanol–water partition coefficient (Wildman–Crippen LogP) is 3.57. The normalized spacial score (nSPS) is 14.0. The molecule has 3 heteroatoms. The van der Waals surface area contributed by atoms with E-state index in [-0.39, 0.29) is 5.78 Å². The van der Waals surface area contributed by atoms with Gasteiger partial charge in [-0.05, 0) is 57.6 Å². The van der Waals surface area contributed by atoms with Crippen LogP contribution in [-0.2, 0) is 19.4 Å². The quantitative estimate of drug-likeness (QED) is 0.807. The highest BCUT2D eigenvalue weighted by Gasteiger charge is 2.19. The van der Waals surface area contributed by atoms with Crippen LogP contribution in [0.15, 0.2) is 18.5 Å². The van der Waals surface area contributed by atoms with Gasteiger partial charge < -0.3 is 4.57 Å². The number of benzene rings is 1. The first-order valence-corrected chi connectivity index (χ1v) is 7.70. The maximum absolute atomic E-state index is 12.7. The summed E-state index contributed by atoms with van der Waals surface area (Å²) in [5.74, 6) is 0.191. The van der Waals surface area contributed by atoms with Crippen LogP contribution in [0.3, 0.4) is 0 Å². The minimum absolute atomic E-state index is 0.191. The molecular weight excluding hydrogens is 260 g/mol. The summed E-state index contributed by atoms with van der Waals surface area (Å²) in [5, 5.41) is 0. The van der Waals surface area contributed by atoms with Crippen molar-refractivity contribution in [3.63, 3.8) is 0 Å². The van der Waals surface area contributed by atoms with Crippen LogP contribution < -0.4 is 0 Å². The van der Waals surface area contributed by atoms with Crippen LogP contribution in [0.1, 0.15) is 51.3 Å². The SMILES string of the molecule is Cc1cc(C)c(C(=O)Cn2cnc3c2CCCC3)c(C)c1. The average molecular weight is 282 g/mol. The molecule has 1 heterocycles. The van der Waals surface area contributed by atoms with Gasteiger partial charge in [0.15, 0.2) is 5.78 Å². The number of carbonyl (C=O) groups excluding carboxylic acids is 1. The molecule has 1 aromatic heterocycles. The average Bonchev–Trinajstić information content (AvgIpc) is 2.81. The van der Waals surface area contributed by atoms with E-state index < -0.39 is 0 Å². The largest absolute Gasteiger partial charge is 0.327 e. The lowest BCUT2D eigenvalue weighted by Gasteiger charge is -2.15. The molecule has 0 aliphatic heterocycles. The Kier molecular flexibility index (Phi) is 3.66. The number of nitrogens with zero attached hydrogens (tertiary/aromatic N) is 2. The van der Waals surface area contributed by atoms with Crippen LogP contribution in [0.25, 0.3) is 0 Å². The Hall–Kier alpha value is -1.90. The molecule has 0 saturated carbocycles. The van der Waals surface area contributed by atoms with Gasteiger partial charge in [-0.3, -0.25) is 4.79 Å². The van der Waals surface area contributed by atoms with Crippen molar-refractivity contribution < 1.29 is 4.79 Å². The number of aromatic nitrogens is 2. The number of imidazole rings is 1. The van der Waals surface area contributed by atoms with Crippen molar-refractivity contribution in [3.8, 4) is 0 Å². The summed E-state index contributed by atoms with van der Waals surface area (Å²) in [6.45, 7) is 6.53. The van der Waals surface area contributed by atoms with Crippen LogP contribution in [0, 0.1) is 20.8 Å². The number of carbonyl (C=O) groups is 1. The summed E-state index contributed by atoms with van der Waals surface area (Å²) in [7, 11) is 0. The Morgan fingerprint density at radius 3 is 2.52 bits per heavy atom. The fourth-order valence-electron chi connectivity index (χ4n) is 3.52. The topological polar surface area (TPSA) is 34.9 Å². The predicted molar refractivity (Wildman–Crippen MR) is 83.9 cm³/mol. The maximum atomic E-state index is 12.7. The summed E-state index contributed by atoms with van der Waals surface area (Å²) >= 11 is 0. The Morgan fingerprint density at radius 2 is 1.81 bits per heavy atom. The number of fused-ring (bicyclic) bond motifs is 1. The lowest BCUT2D eigenvalue weighted by Crippen LogP contribution is -2.16. The fourth-order valence-corrected chi connectivity index (χ4v) is 3.52. The fraction of sp³-hybridized carbons (Fsp3) is 0.444. The van der Waals surface area contributed by atoms with E-state index in [9.17, 15) is 4.79 Å². The zero-order valence-electron chi connectivity index (χ0n) is 13.1. The summed E-state index contributed by atoms with van der Waals surface area (Å²) in [6.07, 6.45) is 6.37. The highest BCUT2D eigenvalue weighted by Crippen LogP contribution is 2.22. The first-order chi connectivity index (χ1) is 10.1. The van der Waals surface area contributed by atoms with E-state index in [1.54, 1.807) is 0 Å². The first kappa shape index (κ1) is 14.1. The van der Waals surface area contributed by atoms with Gasteiger partial charge in [-0.15, -0.1) is 0 Å². The second-order valence-corrected chi connectivity index (χ2v) is 6.17. The zero-order valence-corrected chi connectivity index (χ0v) is 13.1. The van der Waals surface area contributed by atoms with Gasteiger partial charge in [-0.25, -0.2) is 4.98 Å². The van der Waals surface area contributed by atoms with Crippen molar-refractivity contribution in [3.05, 3.63) is 52.1 Å². The molecule has 110 valence electrons. The van der Waals surface area contributed by atoms with Crippen molar-refractivity contribution >= 4 is 5.78 Å². The molecule has 3 nitrogen and oxygen atoms in total. The minimum Gasteiger partial charge on any atom is -0.327 e. The maximum Gasteiger partial charge on any atom is 0.183 e. The van der Waals surface area contributed by atoms with Gasteiger partial charge in [0, 0.05) is 11.3 Å². The summed E-state index contributed by atoms with van der Waals surface area (Å²) < 4.78 is 2.05. The van der Waals surface area contributed by atoms with Crippen LogP contribution in [0.2, 0.25) is 0 Å². The second-order valence-electron chi connectivity index (χ2n) is 6.17. The summed E-state index contributed by atoms with van der Waals surface area (Å²) in [5.41, 5.74) is 6.68. The highest BCUT2D eigenvalue weighted by atomic mass is 16.1. The molecule has 1 aromatic carbocycles. The Labute approximate surface area is 126 Å². The van der Waals surface area contributed by atoms with Gasteiger partial charge in [-0.2, -0.15) is 0 Å². The van der Waals surface area contributed by atoms with Crippen molar-refractivity contribution in [1.29, 1.82) is 0 Å². The van der Waals surface area contributed by atoms with Gasteiger partial charge >= 0.3 is 0 Å². The Balaban J connectivity index is 1.89. The van der Waals surface area contributed by atoms with Crippen LogP contribution in [0.4, 0.5) is 0 Å². The molecule has 0 saturated heterocycles. The van der Waals surface area contributed by atoms with E-state index >= 15 is 0 Å². The van der Waals surface area contributed by atoms with Crippen LogP contribution in [-0.4, -0.2) is 15.3 Å². The summed E-state index contributed by atoms with van der Waals surface area (Å²) in [6, 6.07) is 4.17. The van der Waals surface area contributed by atoms with E-state index in [0.717, 1.165) is 29.5 Å². The van der Waals surface area contributed by atoms with Crippen molar-refractivity contribution in [1.82, 2.24) is 9.55 Å². The lowest BCUT2D eigenvalue weighted by atomic mass is 9.96.